The van der Waals surface area contributed by atoms with Gasteiger partial charge in [-0.3, -0.25) is 4.79 Å². The SMILES string of the molecule is C[C@@H](Sc1ccccn1)C(=O)Nc1ccc2c(c1)CCC2. The lowest BCUT2D eigenvalue weighted by Crippen LogP contribution is -2.22. The molecule has 1 atom stereocenters. The van der Waals surface area contributed by atoms with Crippen LogP contribution in [0.15, 0.2) is 47.6 Å². The zero-order valence-corrected chi connectivity index (χ0v) is 12.8. The number of fused-ring (bicyclic) bond motifs is 1. The Morgan fingerprint density at radius 2 is 2.10 bits per heavy atom. The first-order chi connectivity index (χ1) is 10.2. The third-order valence-electron chi connectivity index (χ3n) is 3.67. The molecule has 1 aliphatic rings. The van der Waals surface area contributed by atoms with Gasteiger partial charge in [0.1, 0.15) is 0 Å². The number of pyridine rings is 1. The van der Waals surface area contributed by atoms with Gasteiger partial charge in [0.2, 0.25) is 5.91 Å². The van der Waals surface area contributed by atoms with Gasteiger partial charge < -0.3 is 5.32 Å². The van der Waals surface area contributed by atoms with E-state index in [-0.39, 0.29) is 11.2 Å². The van der Waals surface area contributed by atoms with Gasteiger partial charge in [-0.05, 0) is 61.6 Å². The monoisotopic (exact) mass is 298 g/mol. The number of hydrogen-bond donors (Lipinski definition) is 1. The number of nitrogens with one attached hydrogen (secondary N) is 1. The summed E-state index contributed by atoms with van der Waals surface area (Å²) in [7, 11) is 0. The van der Waals surface area contributed by atoms with E-state index < -0.39 is 0 Å². The summed E-state index contributed by atoms with van der Waals surface area (Å²) in [4.78, 5) is 16.5. The minimum Gasteiger partial charge on any atom is -0.325 e. The number of anilines is 1. The van der Waals surface area contributed by atoms with Gasteiger partial charge in [-0.1, -0.05) is 23.9 Å². The van der Waals surface area contributed by atoms with Crippen LogP contribution in [0.4, 0.5) is 5.69 Å². The Morgan fingerprint density at radius 1 is 1.24 bits per heavy atom. The van der Waals surface area contributed by atoms with Crippen LogP contribution in [0.1, 0.15) is 24.5 Å². The van der Waals surface area contributed by atoms with Gasteiger partial charge in [-0.2, -0.15) is 0 Å². The highest BCUT2D eigenvalue weighted by atomic mass is 32.2. The molecule has 0 saturated heterocycles. The van der Waals surface area contributed by atoms with Crippen molar-refractivity contribution in [3.8, 4) is 0 Å². The molecule has 3 nitrogen and oxygen atoms in total. The van der Waals surface area contributed by atoms with E-state index in [2.05, 4.69) is 22.4 Å². The molecule has 4 heteroatoms. The second-order valence-electron chi connectivity index (χ2n) is 5.25. The van der Waals surface area contributed by atoms with Crippen LogP contribution in [0.2, 0.25) is 0 Å². The molecule has 0 radical (unpaired) electrons. The molecular formula is C17H18N2OS. The quantitative estimate of drug-likeness (QED) is 0.875. The summed E-state index contributed by atoms with van der Waals surface area (Å²) in [6.07, 6.45) is 5.25. The maximum Gasteiger partial charge on any atom is 0.237 e. The summed E-state index contributed by atoms with van der Waals surface area (Å²) < 4.78 is 0. The Kier molecular flexibility index (Phi) is 4.25. The Morgan fingerprint density at radius 3 is 2.90 bits per heavy atom. The molecule has 0 unspecified atom stereocenters. The molecule has 1 heterocycles. The van der Waals surface area contributed by atoms with E-state index in [0.717, 1.165) is 23.6 Å². The third kappa shape index (κ3) is 3.45. The fourth-order valence-electron chi connectivity index (χ4n) is 2.54. The van der Waals surface area contributed by atoms with E-state index in [0.29, 0.717) is 0 Å². The van der Waals surface area contributed by atoms with Crippen molar-refractivity contribution in [2.24, 2.45) is 0 Å². The van der Waals surface area contributed by atoms with Crippen LogP contribution < -0.4 is 5.32 Å². The number of hydrogen-bond acceptors (Lipinski definition) is 3. The van der Waals surface area contributed by atoms with Crippen molar-refractivity contribution in [2.75, 3.05) is 5.32 Å². The highest BCUT2D eigenvalue weighted by Gasteiger charge is 2.16. The second kappa shape index (κ2) is 6.31. The normalized spacial score (nSPS) is 14.5. The average molecular weight is 298 g/mol. The number of nitrogens with zero attached hydrogens (tertiary/aromatic N) is 1. The minimum atomic E-state index is -0.173. The fourth-order valence-corrected chi connectivity index (χ4v) is 3.35. The van der Waals surface area contributed by atoms with Gasteiger partial charge in [0.05, 0.1) is 10.3 Å². The highest BCUT2D eigenvalue weighted by Crippen LogP contribution is 2.26. The number of amides is 1. The van der Waals surface area contributed by atoms with Crippen LogP contribution in [0, 0.1) is 0 Å². The molecule has 0 aliphatic heterocycles. The van der Waals surface area contributed by atoms with Gasteiger partial charge in [-0.15, -0.1) is 0 Å². The Bertz CT molecular complexity index is 642. The van der Waals surface area contributed by atoms with Crippen LogP contribution in [0.25, 0.3) is 0 Å². The van der Waals surface area contributed by atoms with Crippen molar-refractivity contribution in [1.29, 1.82) is 0 Å². The maximum atomic E-state index is 12.3. The lowest BCUT2D eigenvalue weighted by molar-refractivity contribution is -0.115. The summed E-state index contributed by atoms with van der Waals surface area (Å²) in [5, 5.41) is 3.70. The minimum absolute atomic E-state index is 0.0172. The van der Waals surface area contributed by atoms with Crippen LogP contribution in [0.5, 0.6) is 0 Å². The molecule has 21 heavy (non-hydrogen) atoms. The molecule has 0 saturated carbocycles. The van der Waals surface area contributed by atoms with E-state index >= 15 is 0 Å². The number of aryl methyl sites for hydroxylation is 2. The molecular weight excluding hydrogens is 280 g/mol. The highest BCUT2D eigenvalue weighted by molar-refractivity contribution is 8.00. The number of carbonyl (C=O) groups is 1. The fraction of sp³-hybridized carbons (Fsp3) is 0.294. The van der Waals surface area contributed by atoms with Crippen molar-refractivity contribution in [1.82, 2.24) is 4.98 Å². The standard InChI is InChI=1S/C17H18N2OS/c1-12(21-16-7-2-3-10-18-16)17(20)19-15-9-8-13-5-4-6-14(13)11-15/h2-3,7-12H,4-6H2,1H3,(H,19,20)/t12-/m1/s1. The second-order valence-corrected chi connectivity index (χ2v) is 6.62. The molecule has 0 fully saturated rings. The molecule has 1 amide bonds. The molecule has 2 aromatic rings. The first kappa shape index (κ1) is 14.1. The number of carbonyl (C=O) groups excluding carboxylic acids is 1. The third-order valence-corrected chi connectivity index (χ3v) is 4.72. The van der Waals surface area contributed by atoms with Gasteiger partial charge in [0, 0.05) is 11.9 Å². The predicted octanol–water partition coefficient (Wildman–Crippen LogP) is 3.69. The van der Waals surface area contributed by atoms with Gasteiger partial charge in [-0.25, -0.2) is 4.98 Å². The summed E-state index contributed by atoms with van der Waals surface area (Å²) >= 11 is 1.47. The first-order valence-electron chi connectivity index (χ1n) is 7.23. The van der Waals surface area contributed by atoms with Crippen LogP contribution in [0.3, 0.4) is 0 Å². The van der Waals surface area contributed by atoms with Crippen molar-refractivity contribution in [3.63, 3.8) is 0 Å². The zero-order chi connectivity index (χ0) is 14.7. The number of rotatable bonds is 4. The Balaban J connectivity index is 1.63. The smallest absolute Gasteiger partial charge is 0.237 e. The predicted molar refractivity (Wildman–Crippen MR) is 86.7 cm³/mol. The molecule has 1 N–H and O–H groups in total. The van der Waals surface area contributed by atoms with Crippen molar-refractivity contribution < 1.29 is 4.79 Å². The van der Waals surface area contributed by atoms with Gasteiger partial charge in [0.15, 0.2) is 0 Å². The van der Waals surface area contributed by atoms with Crippen LogP contribution in [-0.2, 0) is 17.6 Å². The molecule has 108 valence electrons. The van der Waals surface area contributed by atoms with E-state index in [1.165, 1.54) is 29.3 Å². The van der Waals surface area contributed by atoms with Crippen molar-refractivity contribution in [3.05, 3.63) is 53.7 Å². The Hall–Kier alpha value is -1.81. The number of benzene rings is 1. The van der Waals surface area contributed by atoms with Gasteiger partial charge in [0.25, 0.3) is 0 Å². The largest absolute Gasteiger partial charge is 0.325 e. The number of thioether (sulfide) groups is 1. The molecule has 0 spiro atoms. The van der Waals surface area contributed by atoms with Crippen molar-refractivity contribution in [2.45, 2.75) is 36.5 Å². The molecule has 0 bridgehead atoms. The zero-order valence-electron chi connectivity index (χ0n) is 12.0. The Labute approximate surface area is 129 Å². The molecule has 3 rings (SSSR count). The van der Waals surface area contributed by atoms with E-state index in [1.54, 1.807) is 6.20 Å². The summed E-state index contributed by atoms with van der Waals surface area (Å²) in [5.74, 6) is 0.0172. The van der Waals surface area contributed by atoms with E-state index in [9.17, 15) is 4.79 Å². The average Bonchev–Trinajstić information content (AvgIpc) is 2.95. The summed E-state index contributed by atoms with van der Waals surface area (Å²) in [6.45, 7) is 1.90. The molecule has 1 aromatic heterocycles. The lowest BCUT2D eigenvalue weighted by atomic mass is 10.1. The van der Waals surface area contributed by atoms with E-state index in [4.69, 9.17) is 0 Å². The topological polar surface area (TPSA) is 42.0 Å². The molecule has 1 aromatic carbocycles. The van der Waals surface area contributed by atoms with Crippen molar-refractivity contribution >= 4 is 23.4 Å². The van der Waals surface area contributed by atoms with Crippen LogP contribution >= 0.6 is 11.8 Å². The van der Waals surface area contributed by atoms with E-state index in [1.807, 2.05) is 31.2 Å². The number of aromatic nitrogens is 1. The lowest BCUT2D eigenvalue weighted by Gasteiger charge is -2.12. The molecule has 1 aliphatic carbocycles. The summed E-state index contributed by atoms with van der Waals surface area (Å²) in [5.41, 5.74) is 3.69. The maximum absolute atomic E-state index is 12.3. The summed E-state index contributed by atoms with van der Waals surface area (Å²) in [6, 6.07) is 12.0. The first-order valence-corrected chi connectivity index (χ1v) is 8.11. The van der Waals surface area contributed by atoms with Crippen LogP contribution in [-0.4, -0.2) is 16.1 Å². The van der Waals surface area contributed by atoms with Gasteiger partial charge >= 0.3 is 0 Å².